The number of aryl methyl sites for hydroxylation is 2. The van der Waals surface area contributed by atoms with Crippen LogP contribution in [-0.2, 0) is 11.3 Å². The molecular formula is C26H27NO4. The number of hydrogen-bond donors (Lipinski definition) is 1. The van der Waals surface area contributed by atoms with E-state index < -0.39 is 5.97 Å². The van der Waals surface area contributed by atoms with Crippen LogP contribution in [0.4, 0.5) is 0 Å². The van der Waals surface area contributed by atoms with Gasteiger partial charge in [-0.2, -0.15) is 0 Å². The largest absolute Gasteiger partial charge is 0.493 e. The maximum absolute atomic E-state index is 12.8. The summed E-state index contributed by atoms with van der Waals surface area (Å²) in [5, 5.41) is 8.73. The summed E-state index contributed by atoms with van der Waals surface area (Å²) in [6.07, 6.45) is 6.46. The van der Waals surface area contributed by atoms with E-state index in [1.54, 1.807) is 0 Å². The first-order valence-electron chi connectivity index (χ1n) is 10.3. The Balaban J connectivity index is 1.64. The summed E-state index contributed by atoms with van der Waals surface area (Å²) in [5.41, 5.74) is 4.44. The van der Waals surface area contributed by atoms with E-state index in [0.29, 0.717) is 30.8 Å². The minimum absolute atomic E-state index is 0.00535. The molecule has 0 saturated heterocycles. The second-order valence-corrected chi connectivity index (χ2v) is 7.51. The van der Waals surface area contributed by atoms with Crippen molar-refractivity contribution in [3.05, 3.63) is 94.8 Å². The fraction of sp³-hybridized carbons (Fsp3) is 0.231. The molecular weight excluding hydrogens is 390 g/mol. The van der Waals surface area contributed by atoms with Gasteiger partial charge in [0.2, 0.25) is 5.78 Å². The number of nitrogens with zero attached hydrogens (tertiary/aromatic N) is 1. The Hall–Kier alpha value is -3.60. The molecule has 0 atom stereocenters. The van der Waals surface area contributed by atoms with Crippen LogP contribution < -0.4 is 4.74 Å². The van der Waals surface area contributed by atoms with E-state index >= 15 is 0 Å². The van der Waals surface area contributed by atoms with Crippen molar-refractivity contribution in [3.8, 4) is 5.75 Å². The molecule has 1 heterocycles. The molecule has 31 heavy (non-hydrogen) atoms. The number of carbonyl (C=O) groups is 2. The Morgan fingerprint density at radius 3 is 2.58 bits per heavy atom. The van der Waals surface area contributed by atoms with Crippen LogP contribution in [0.2, 0.25) is 0 Å². The molecule has 160 valence electrons. The van der Waals surface area contributed by atoms with E-state index in [9.17, 15) is 9.59 Å². The Morgan fingerprint density at radius 1 is 1.06 bits per heavy atom. The maximum atomic E-state index is 12.8. The van der Waals surface area contributed by atoms with Crippen molar-refractivity contribution in [2.45, 2.75) is 33.2 Å². The Morgan fingerprint density at radius 2 is 1.84 bits per heavy atom. The molecule has 1 aromatic heterocycles. The highest BCUT2D eigenvalue weighted by Crippen LogP contribution is 2.21. The van der Waals surface area contributed by atoms with Gasteiger partial charge in [0.25, 0.3) is 0 Å². The second kappa shape index (κ2) is 10.4. The number of carboxylic acid groups (broad SMARTS) is 1. The summed E-state index contributed by atoms with van der Waals surface area (Å²) in [7, 11) is 0. The summed E-state index contributed by atoms with van der Waals surface area (Å²) in [5.74, 6) is -0.0585. The first kappa shape index (κ1) is 22.1. The third-order valence-corrected chi connectivity index (χ3v) is 4.99. The average Bonchev–Trinajstić information content (AvgIpc) is 3.21. The van der Waals surface area contributed by atoms with Crippen molar-refractivity contribution in [2.24, 2.45) is 0 Å². The number of carboxylic acids is 1. The molecule has 0 radical (unpaired) electrons. The second-order valence-electron chi connectivity index (χ2n) is 7.51. The van der Waals surface area contributed by atoms with E-state index in [4.69, 9.17) is 9.84 Å². The van der Waals surface area contributed by atoms with E-state index in [2.05, 4.69) is 0 Å². The molecule has 0 amide bonds. The third kappa shape index (κ3) is 6.19. The topological polar surface area (TPSA) is 68.5 Å². The Labute approximate surface area is 182 Å². The zero-order valence-electron chi connectivity index (χ0n) is 17.9. The lowest BCUT2D eigenvalue weighted by Crippen LogP contribution is -2.09. The van der Waals surface area contributed by atoms with Crippen LogP contribution in [0.25, 0.3) is 6.08 Å². The highest BCUT2D eigenvalue weighted by atomic mass is 16.5. The van der Waals surface area contributed by atoms with Crippen LogP contribution >= 0.6 is 0 Å². The lowest BCUT2D eigenvalue weighted by Gasteiger charge is -2.10. The van der Waals surface area contributed by atoms with Gasteiger partial charge in [0, 0.05) is 24.7 Å². The van der Waals surface area contributed by atoms with Gasteiger partial charge in [-0.25, -0.2) is 0 Å². The molecule has 0 unspecified atom stereocenters. The molecule has 5 nitrogen and oxygen atoms in total. The zero-order chi connectivity index (χ0) is 22.2. The number of ether oxygens (including phenoxy) is 1. The van der Waals surface area contributed by atoms with Crippen molar-refractivity contribution < 1.29 is 19.4 Å². The number of aromatic nitrogens is 1. The monoisotopic (exact) mass is 417 g/mol. The minimum atomic E-state index is -0.817. The quantitative estimate of drug-likeness (QED) is 0.359. The Bertz CT molecular complexity index is 1080. The Kier molecular flexibility index (Phi) is 7.44. The standard InChI is InChI=1S/C26H27NO4/c1-19-9-13-22(14-10-19)26(30)23-7-4-16-27(23)15-3-6-21-12-11-20(2)24(18-21)31-17-5-8-25(28)29/h3-4,6-7,9-14,16,18H,5,8,15,17H2,1-2H3,(H,28,29). The van der Waals surface area contributed by atoms with Crippen molar-refractivity contribution in [2.75, 3.05) is 6.61 Å². The number of ketones is 1. The minimum Gasteiger partial charge on any atom is -0.493 e. The molecule has 0 aliphatic heterocycles. The first-order chi connectivity index (χ1) is 14.9. The predicted molar refractivity (Wildman–Crippen MR) is 122 cm³/mol. The molecule has 0 fully saturated rings. The van der Waals surface area contributed by atoms with Crippen LogP contribution in [0.1, 0.15) is 45.6 Å². The fourth-order valence-electron chi connectivity index (χ4n) is 3.22. The lowest BCUT2D eigenvalue weighted by molar-refractivity contribution is -0.137. The molecule has 3 rings (SSSR count). The normalized spacial score (nSPS) is 11.0. The fourth-order valence-corrected chi connectivity index (χ4v) is 3.22. The number of carbonyl (C=O) groups excluding carboxylic acids is 1. The summed E-state index contributed by atoms with van der Waals surface area (Å²) >= 11 is 0. The molecule has 0 saturated carbocycles. The van der Waals surface area contributed by atoms with E-state index in [-0.39, 0.29) is 12.2 Å². The van der Waals surface area contributed by atoms with Crippen molar-refractivity contribution in [1.82, 2.24) is 4.57 Å². The van der Waals surface area contributed by atoms with Crippen LogP contribution in [0.3, 0.4) is 0 Å². The number of hydrogen-bond acceptors (Lipinski definition) is 3. The summed E-state index contributed by atoms with van der Waals surface area (Å²) in [6, 6.07) is 17.2. The number of benzene rings is 2. The molecule has 1 N–H and O–H groups in total. The van der Waals surface area contributed by atoms with Crippen LogP contribution in [0.5, 0.6) is 5.75 Å². The number of rotatable bonds is 10. The highest BCUT2D eigenvalue weighted by Gasteiger charge is 2.12. The van der Waals surface area contributed by atoms with Crippen LogP contribution in [0, 0.1) is 13.8 Å². The molecule has 3 aromatic rings. The lowest BCUT2D eigenvalue weighted by atomic mass is 10.1. The summed E-state index contributed by atoms with van der Waals surface area (Å²) in [4.78, 5) is 23.4. The van der Waals surface area contributed by atoms with Gasteiger partial charge in [-0.3, -0.25) is 9.59 Å². The van der Waals surface area contributed by atoms with Gasteiger partial charge in [-0.05, 0) is 49.6 Å². The molecule has 0 bridgehead atoms. The number of allylic oxidation sites excluding steroid dienone is 1. The molecule has 0 aliphatic rings. The van der Waals surface area contributed by atoms with Gasteiger partial charge in [-0.15, -0.1) is 0 Å². The van der Waals surface area contributed by atoms with E-state index in [1.807, 2.05) is 91.4 Å². The third-order valence-electron chi connectivity index (χ3n) is 4.99. The summed E-state index contributed by atoms with van der Waals surface area (Å²) < 4.78 is 7.67. The first-order valence-corrected chi connectivity index (χ1v) is 10.3. The molecule has 0 aliphatic carbocycles. The molecule has 5 heteroatoms. The van der Waals surface area contributed by atoms with Crippen LogP contribution in [0.15, 0.2) is 66.9 Å². The van der Waals surface area contributed by atoms with Crippen molar-refractivity contribution in [3.63, 3.8) is 0 Å². The SMILES string of the molecule is Cc1ccc(C(=O)c2cccn2CC=Cc2ccc(C)c(OCCCC(=O)O)c2)cc1. The van der Waals surface area contributed by atoms with E-state index in [1.165, 1.54) is 0 Å². The van der Waals surface area contributed by atoms with Gasteiger partial charge in [0.1, 0.15) is 5.75 Å². The number of aliphatic carboxylic acids is 1. The summed E-state index contributed by atoms with van der Waals surface area (Å²) in [6.45, 7) is 4.90. The van der Waals surface area contributed by atoms with E-state index in [0.717, 1.165) is 22.4 Å². The van der Waals surface area contributed by atoms with Gasteiger partial charge in [0.05, 0.1) is 12.3 Å². The smallest absolute Gasteiger partial charge is 0.303 e. The molecule has 2 aromatic carbocycles. The average molecular weight is 418 g/mol. The van der Waals surface area contributed by atoms with Crippen LogP contribution in [-0.4, -0.2) is 28.0 Å². The van der Waals surface area contributed by atoms with Gasteiger partial charge < -0.3 is 14.4 Å². The maximum Gasteiger partial charge on any atom is 0.303 e. The molecule has 0 spiro atoms. The van der Waals surface area contributed by atoms with Gasteiger partial charge in [-0.1, -0.05) is 54.1 Å². The zero-order valence-corrected chi connectivity index (χ0v) is 17.9. The van der Waals surface area contributed by atoms with Crippen molar-refractivity contribution in [1.29, 1.82) is 0 Å². The highest BCUT2D eigenvalue weighted by molar-refractivity contribution is 6.08. The van der Waals surface area contributed by atoms with Gasteiger partial charge in [0.15, 0.2) is 0 Å². The van der Waals surface area contributed by atoms with Crippen molar-refractivity contribution >= 4 is 17.8 Å². The van der Waals surface area contributed by atoms with Gasteiger partial charge >= 0.3 is 5.97 Å². The predicted octanol–water partition coefficient (Wildman–Crippen LogP) is 5.29.